The van der Waals surface area contributed by atoms with Crippen molar-refractivity contribution in [2.45, 2.75) is 19.3 Å². The Morgan fingerprint density at radius 1 is 1.13 bits per heavy atom. The first-order valence-corrected chi connectivity index (χ1v) is 8.86. The first-order valence-electron chi connectivity index (χ1n) is 8.07. The number of aromatic nitrogens is 1. The van der Waals surface area contributed by atoms with Gasteiger partial charge in [0.05, 0.1) is 5.52 Å². The standard InChI is InChI=1S/C20H19BrN2/c1-14-4-2-5-15(12-14)16-9-11-23(13-16)19-8-10-22-20-17(19)6-3-7-18(20)21/h2-8,10,12,16H,9,11,13H2,1H3. The highest BCUT2D eigenvalue weighted by atomic mass is 79.9. The molecule has 1 aromatic heterocycles. The number of hydrogen-bond donors (Lipinski definition) is 0. The minimum absolute atomic E-state index is 0.616. The molecular formula is C20H19BrN2. The van der Waals surface area contributed by atoms with Gasteiger partial charge in [0.25, 0.3) is 0 Å². The van der Waals surface area contributed by atoms with Crippen molar-refractivity contribution in [2.24, 2.45) is 0 Å². The molecule has 1 aliphatic rings. The third-order valence-electron chi connectivity index (χ3n) is 4.74. The molecule has 0 radical (unpaired) electrons. The molecule has 1 aliphatic heterocycles. The van der Waals surface area contributed by atoms with E-state index in [0.717, 1.165) is 23.1 Å². The molecule has 1 atom stereocenters. The van der Waals surface area contributed by atoms with Crippen LogP contribution in [-0.2, 0) is 0 Å². The fourth-order valence-corrected chi connectivity index (χ4v) is 4.04. The van der Waals surface area contributed by atoms with Crippen molar-refractivity contribution in [3.8, 4) is 0 Å². The van der Waals surface area contributed by atoms with Crippen LogP contribution in [0.15, 0.2) is 59.2 Å². The number of pyridine rings is 1. The Morgan fingerprint density at radius 3 is 2.87 bits per heavy atom. The Kier molecular flexibility index (Phi) is 3.82. The summed E-state index contributed by atoms with van der Waals surface area (Å²) in [7, 11) is 0. The van der Waals surface area contributed by atoms with E-state index in [9.17, 15) is 0 Å². The maximum absolute atomic E-state index is 4.53. The number of nitrogens with zero attached hydrogens (tertiary/aromatic N) is 2. The highest BCUT2D eigenvalue weighted by Gasteiger charge is 2.25. The van der Waals surface area contributed by atoms with E-state index in [1.54, 1.807) is 0 Å². The Hall–Kier alpha value is -1.87. The summed E-state index contributed by atoms with van der Waals surface area (Å²) in [5.41, 5.74) is 5.15. The largest absolute Gasteiger partial charge is 0.370 e. The summed E-state index contributed by atoms with van der Waals surface area (Å²) in [6.07, 6.45) is 3.13. The van der Waals surface area contributed by atoms with Crippen LogP contribution < -0.4 is 4.90 Å². The van der Waals surface area contributed by atoms with Gasteiger partial charge in [0.2, 0.25) is 0 Å². The predicted octanol–water partition coefficient (Wildman–Crippen LogP) is 5.30. The second-order valence-electron chi connectivity index (χ2n) is 6.31. The lowest BCUT2D eigenvalue weighted by molar-refractivity contribution is 0.774. The molecule has 116 valence electrons. The zero-order chi connectivity index (χ0) is 15.8. The third kappa shape index (κ3) is 2.74. The molecule has 0 saturated carbocycles. The summed E-state index contributed by atoms with van der Waals surface area (Å²) >= 11 is 3.62. The molecule has 1 fully saturated rings. The van der Waals surface area contributed by atoms with E-state index in [4.69, 9.17) is 0 Å². The van der Waals surface area contributed by atoms with Crippen molar-refractivity contribution in [3.05, 3.63) is 70.3 Å². The maximum Gasteiger partial charge on any atom is 0.0864 e. The molecule has 1 unspecified atom stereocenters. The molecule has 0 amide bonds. The molecule has 2 heterocycles. The number of benzene rings is 2. The lowest BCUT2D eigenvalue weighted by Crippen LogP contribution is -2.19. The van der Waals surface area contributed by atoms with Crippen LogP contribution in [-0.4, -0.2) is 18.1 Å². The number of halogens is 1. The number of anilines is 1. The number of hydrogen-bond acceptors (Lipinski definition) is 2. The Bertz CT molecular complexity index is 859. The Labute approximate surface area is 145 Å². The first kappa shape index (κ1) is 14.7. The molecule has 0 bridgehead atoms. The third-order valence-corrected chi connectivity index (χ3v) is 5.38. The van der Waals surface area contributed by atoms with Crippen LogP contribution in [0.25, 0.3) is 10.9 Å². The van der Waals surface area contributed by atoms with Crippen LogP contribution in [0.4, 0.5) is 5.69 Å². The zero-order valence-electron chi connectivity index (χ0n) is 13.2. The summed E-state index contributed by atoms with van der Waals surface area (Å²) in [5.74, 6) is 0.616. The van der Waals surface area contributed by atoms with Gasteiger partial charge in [-0.3, -0.25) is 4.98 Å². The van der Waals surface area contributed by atoms with Crippen LogP contribution in [0.1, 0.15) is 23.5 Å². The molecular weight excluding hydrogens is 348 g/mol. The van der Waals surface area contributed by atoms with Crippen molar-refractivity contribution in [2.75, 3.05) is 18.0 Å². The minimum Gasteiger partial charge on any atom is -0.370 e. The number of fused-ring (bicyclic) bond motifs is 1. The van der Waals surface area contributed by atoms with Crippen LogP contribution in [0.5, 0.6) is 0 Å². The second kappa shape index (κ2) is 5.97. The van der Waals surface area contributed by atoms with E-state index in [2.05, 4.69) is 81.3 Å². The van der Waals surface area contributed by atoms with Crippen molar-refractivity contribution >= 4 is 32.5 Å². The van der Waals surface area contributed by atoms with Crippen molar-refractivity contribution in [1.29, 1.82) is 0 Å². The average molecular weight is 367 g/mol. The molecule has 23 heavy (non-hydrogen) atoms. The van der Waals surface area contributed by atoms with Gasteiger partial charge in [-0.25, -0.2) is 0 Å². The fraction of sp³-hybridized carbons (Fsp3) is 0.250. The molecule has 2 aromatic carbocycles. The fourth-order valence-electron chi connectivity index (χ4n) is 3.58. The van der Waals surface area contributed by atoms with Gasteiger partial charge in [-0.2, -0.15) is 0 Å². The normalized spacial score (nSPS) is 17.8. The Morgan fingerprint density at radius 2 is 2.00 bits per heavy atom. The van der Waals surface area contributed by atoms with Gasteiger partial charge in [-0.15, -0.1) is 0 Å². The van der Waals surface area contributed by atoms with Crippen molar-refractivity contribution in [3.63, 3.8) is 0 Å². The minimum atomic E-state index is 0.616. The Balaban J connectivity index is 1.67. The topological polar surface area (TPSA) is 16.1 Å². The van der Waals surface area contributed by atoms with Gasteiger partial charge in [0.1, 0.15) is 0 Å². The highest BCUT2D eigenvalue weighted by Crippen LogP contribution is 2.35. The van der Waals surface area contributed by atoms with E-state index in [-0.39, 0.29) is 0 Å². The first-order chi connectivity index (χ1) is 11.2. The molecule has 4 rings (SSSR count). The van der Waals surface area contributed by atoms with Gasteiger partial charge >= 0.3 is 0 Å². The van der Waals surface area contributed by atoms with Gasteiger partial charge in [0.15, 0.2) is 0 Å². The molecule has 0 N–H and O–H groups in total. The number of aryl methyl sites for hydroxylation is 1. The monoisotopic (exact) mass is 366 g/mol. The van der Waals surface area contributed by atoms with Crippen molar-refractivity contribution in [1.82, 2.24) is 4.98 Å². The smallest absolute Gasteiger partial charge is 0.0864 e. The van der Waals surface area contributed by atoms with E-state index in [0.29, 0.717) is 5.92 Å². The van der Waals surface area contributed by atoms with E-state index in [1.807, 2.05) is 6.20 Å². The van der Waals surface area contributed by atoms with E-state index < -0.39 is 0 Å². The van der Waals surface area contributed by atoms with Crippen LogP contribution >= 0.6 is 15.9 Å². The summed E-state index contributed by atoms with van der Waals surface area (Å²) in [6, 6.07) is 17.4. The molecule has 1 saturated heterocycles. The van der Waals surface area contributed by atoms with E-state index in [1.165, 1.54) is 28.6 Å². The van der Waals surface area contributed by atoms with E-state index >= 15 is 0 Å². The summed E-state index contributed by atoms with van der Waals surface area (Å²) < 4.78 is 1.06. The number of rotatable bonds is 2. The van der Waals surface area contributed by atoms with Crippen LogP contribution in [0.3, 0.4) is 0 Å². The van der Waals surface area contributed by atoms with Crippen LogP contribution in [0, 0.1) is 6.92 Å². The summed E-state index contributed by atoms with van der Waals surface area (Å²) in [4.78, 5) is 7.03. The maximum atomic E-state index is 4.53. The predicted molar refractivity (Wildman–Crippen MR) is 100 cm³/mol. The van der Waals surface area contributed by atoms with Gasteiger partial charge in [0, 0.05) is 40.8 Å². The summed E-state index contributed by atoms with van der Waals surface area (Å²) in [5, 5.41) is 1.23. The van der Waals surface area contributed by atoms with Gasteiger partial charge < -0.3 is 4.90 Å². The molecule has 2 nitrogen and oxygen atoms in total. The molecule has 3 aromatic rings. The lowest BCUT2D eigenvalue weighted by atomic mass is 9.97. The SMILES string of the molecule is Cc1cccc(C2CCN(c3ccnc4c(Br)cccc34)C2)c1. The van der Waals surface area contributed by atoms with Crippen molar-refractivity contribution < 1.29 is 0 Å². The highest BCUT2D eigenvalue weighted by molar-refractivity contribution is 9.10. The lowest BCUT2D eigenvalue weighted by Gasteiger charge is -2.21. The zero-order valence-corrected chi connectivity index (χ0v) is 14.8. The molecule has 0 aliphatic carbocycles. The molecule has 0 spiro atoms. The summed E-state index contributed by atoms with van der Waals surface area (Å²) in [6.45, 7) is 4.35. The van der Waals surface area contributed by atoms with Gasteiger partial charge in [-0.1, -0.05) is 42.0 Å². The molecule has 3 heteroatoms. The second-order valence-corrected chi connectivity index (χ2v) is 7.17. The quantitative estimate of drug-likeness (QED) is 0.611. The van der Waals surface area contributed by atoms with Crippen LogP contribution in [0.2, 0.25) is 0 Å². The number of para-hydroxylation sites is 1. The average Bonchev–Trinajstić information content (AvgIpc) is 3.05. The van der Waals surface area contributed by atoms with Gasteiger partial charge in [-0.05, 0) is 47.0 Å².